The second-order valence-electron chi connectivity index (χ2n) is 25.2. The molecular weight excluding hydrogens is 937 g/mol. The van der Waals surface area contributed by atoms with Gasteiger partial charge in [0.1, 0.15) is 17.7 Å². The first-order chi connectivity index (χ1) is 35.8. The Kier molecular flexibility index (Phi) is 14.5. The Morgan fingerprint density at radius 3 is 2.58 bits per heavy atom. The maximum Gasteiger partial charge on any atom is 0.332 e. The van der Waals surface area contributed by atoms with Gasteiger partial charge in [-0.2, -0.15) is 0 Å². The number of fused-ring (bicyclic) bond motifs is 5. The number of phenols is 1. The molecule has 11 aliphatic rings. The average molecular weight is 1020 g/mol. The third-order valence-electron chi connectivity index (χ3n) is 21.3. The number of aliphatic hydroxyl groups is 4. The summed E-state index contributed by atoms with van der Waals surface area (Å²) in [6, 6.07) is 3.69. The first-order valence-electron chi connectivity index (χ1n) is 29.0. The molecule has 5 aliphatic heterocycles. The van der Waals surface area contributed by atoms with E-state index in [9.17, 15) is 30.3 Å². The number of ether oxygens (including phenoxy) is 3. The smallest absolute Gasteiger partial charge is 0.332 e. The number of hydrogen-bond acceptors (Lipinski definition) is 12. The molecule has 0 aromatic heterocycles. The van der Waals surface area contributed by atoms with Gasteiger partial charge < -0.3 is 50.4 Å². The second kappa shape index (κ2) is 20.7. The van der Waals surface area contributed by atoms with Gasteiger partial charge in [-0.3, -0.25) is 9.59 Å². The molecule has 7 bridgehead atoms. The van der Waals surface area contributed by atoms with Crippen LogP contribution in [0.3, 0.4) is 0 Å². The normalized spacial score (nSPS) is 41.0. The Balaban J connectivity index is 1.21. The first kappa shape index (κ1) is 52.0. The van der Waals surface area contributed by atoms with E-state index in [-0.39, 0.29) is 77.8 Å². The molecule has 17 atom stereocenters. The van der Waals surface area contributed by atoms with Gasteiger partial charge in [0.2, 0.25) is 5.91 Å². The molecule has 0 radical (unpaired) electrons. The van der Waals surface area contributed by atoms with E-state index in [0.29, 0.717) is 102 Å². The molecule has 1 amide bonds. The van der Waals surface area contributed by atoms with Crippen LogP contribution in [0.15, 0.2) is 23.8 Å². The monoisotopic (exact) mass is 1020 g/mol. The number of piperidine rings is 2. The summed E-state index contributed by atoms with van der Waals surface area (Å²) in [4.78, 5) is 45.8. The molecule has 13 nitrogen and oxygen atoms in total. The number of aromatic hydroxyl groups is 1. The lowest BCUT2D eigenvalue weighted by atomic mass is 9.50. The van der Waals surface area contributed by atoms with Gasteiger partial charge in [0.05, 0.1) is 30.1 Å². The van der Waals surface area contributed by atoms with E-state index in [1.807, 2.05) is 0 Å². The highest BCUT2D eigenvalue weighted by Crippen LogP contribution is 2.67. The van der Waals surface area contributed by atoms with Gasteiger partial charge in [-0.05, 0) is 139 Å². The number of aliphatic hydroxyl groups excluding tert-OH is 4. The van der Waals surface area contributed by atoms with Crippen LogP contribution in [0.5, 0.6) is 11.5 Å². The number of carbonyl (C=O) groups is 3. The molecule has 3 saturated carbocycles. The van der Waals surface area contributed by atoms with Crippen molar-refractivity contribution in [3.05, 3.63) is 34.9 Å². The van der Waals surface area contributed by atoms with Crippen molar-refractivity contribution in [2.45, 2.75) is 203 Å². The fourth-order valence-electron chi connectivity index (χ4n) is 18.1. The Bertz CT molecular complexity index is 2480. The summed E-state index contributed by atoms with van der Waals surface area (Å²) in [5.74, 6) is 11.8. The summed E-state index contributed by atoms with van der Waals surface area (Å²) in [7, 11) is 0. The Morgan fingerprint density at radius 1 is 0.973 bits per heavy atom. The fraction of sp³-hybridized carbons (Fsp3) is 0.754. The summed E-state index contributed by atoms with van der Waals surface area (Å²) >= 11 is 0. The number of phenolic OH excluding ortho intramolecular Hbond substituents is 1. The highest BCUT2D eigenvalue weighted by molar-refractivity contribution is 5.94. The van der Waals surface area contributed by atoms with Crippen LogP contribution in [0.25, 0.3) is 0 Å². The highest BCUT2D eigenvalue weighted by atomic mass is 16.6. The summed E-state index contributed by atoms with van der Waals surface area (Å²) in [6.45, 7) is 4.15. The van der Waals surface area contributed by atoms with Crippen molar-refractivity contribution in [2.24, 2.45) is 57.7 Å². The third-order valence-corrected chi connectivity index (χ3v) is 21.3. The average Bonchev–Trinajstić information content (AvgIpc) is 4.11. The van der Waals surface area contributed by atoms with Gasteiger partial charge in [-0.15, -0.1) is 5.92 Å². The zero-order chi connectivity index (χ0) is 51.6. The molecule has 12 rings (SSSR count). The minimum atomic E-state index is -1.26. The van der Waals surface area contributed by atoms with E-state index in [1.165, 1.54) is 6.92 Å². The van der Waals surface area contributed by atoms with Crippen molar-refractivity contribution in [1.82, 2.24) is 10.6 Å². The van der Waals surface area contributed by atoms with Crippen LogP contribution < -0.4 is 15.4 Å². The molecule has 2 saturated heterocycles. The highest BCUT2D eigenvalue weighted by Gasteiger charge is 2.67. The minimum Gasteiger partial charge on any atom is -0.504 e. The Labute approximate surface area is 438 Å². The Morgan fingerprint density at radius 2 is 1.80 bits per heavy atom. The van der Waals surface area contributed by atoms with Crippen LogP contribution in [0.2, 0.25) is 0 Å². The number of hydrogen-bond donors (Lipinski definition) is 7. The predicted molar refractivity (Wildman–Crippen MR) is 276 cm³/mol. The van der Waals surface area contributed by atoms with E-state index in [2.05, 4.69) is 46.5 Å². The van der Waals surface area contributed by atoms with Crippen molar-refractivity contribution in [2.75, 3.05) is 26.4 Å². The third kappa shape index (κ3) is 8.79. The number of allylic oxidation sites excluding steroid dienone is 1. The van der Waals surface area contributed by atoms with Crippen molar-refractivity contribution in [3.63, 3.8) is 0 Å². The number of rotatable bonds is 11. The topological polar surface area (TPSA) is 204 Å². The van der Waals surface area contributed by atoms with Gasteiger partial charge in [0.15, 0.2) is 11.5 Å². The van der Waals surface area contributed by atoms with Crippen LogP contribution in [-0.4, -0.2) is 106 Å². The van der Waals surface area contributed by atoms with E-state index >= 15 is 9.59 Å². The number of nitrogens with one attached hydrogen (secondary N) is 2. The van der Waals surface area contributed by atoms with Crippen LogP contribution in [0.1, 0.15) is 178 Å². The molecule has 6 aliphatic carbocycles. The largest absolute Gasteiger partial charge is 0.504 e. The molecule has 1 aromatic rings. The van der Waals surface area contributed by atoms with Gasteiger partial charge >= 0.3 is 11.9 Å². The second-order valence-corrected chi connectivity index (χ2v) is 25.2. The van der Waals surface area contributed by atoms with Gasteiger partial charge in [0, 0.05) is 90.6 Å². The summed E-state index contributed by atoms with van der Waals surface area (Å²) in [5.41, 5.74) is -0.517. The zero-order valence-corrected chi connectivity index (χ0v) is 43.9. The molecule has 5 heterocycles. The lowest BCUT2D eigenvalue weighted by Crippen LogP contribution is -2.70. The lowest BCUT2D eigenvalue weighted by Gasteiger charge is -2.58. The Hall–Kier alpha value is -4.11. The molecule has 74 heavy (non-hydrogen) atoms. The van der Waals surface area contributed by atoms with Gasteiger partial charge in [0.25, 0.3) is 0 Å². The zero-order valence-electron chi connectivity index (χ0n) is 43.9. The maximum atomic E-state index is 16.3. The van der Waals surface area contributed by atoms with Crippen LogP contribution in [0.4, 0.5) is 0 Å². The molecule has 402 valence electrons. The standard InChI is InChI=1S/C61H82N2O11/c1-36(66)29-38-11-7-13-40-31-46-49(58(35-65)22-5-6-23-58)34-72-54-50(69)21-20-45(51(46)54)52(40)60-26-27-62-42(33-60)15-8-12-39-30-47(53(73-37(2)67)44(38)19-18-43(68)16-10-28-64)55(60)74-57(71)61-25-4-3-14-41(61)32-59(56(70)63-61)24-9-17-48(39)59/h20-21,30,36,38,40-44,46-49,52-53,55,62,64-66,68-69H,3-6,9-11,14-19,22-29,31-35H2,1-2H3,(H,63,70)/b39-30+/t36-,38-,40+,41-,42-,43+,44+,46+,47-,48+,49-,52+,53+,55+,59-,60-,61+/m0/s1. The van der Waals surface area contributed by atoms with Crippen molar-refractivity contribution < 1.29 is 54.1 Å². The first-order valence-corrected chi connectivity index (χ1v) is 29.0. The molecular formula is C61H82N2O11. The fourth-order valence-corrected chi connectivity index (χ4v) is 18.1. The predicted octanol–water partition coefficient (Wildman–Crippen LogP) is 7.25. The number of esters is 2. The van der Waals surface area contributed by atoms with Crippen LogP contribution in [-0.2, 0) is 23.9 Å². The summed E-state index contributed by atoms with van der Waals surface area (Å²) in [5, 5.41) is 63.3. The van der Waals surface area contributed by atoms with E-state index in [0.717, 1.165) is 74.5 Å². The molecule has 7 N–H and O–H groups in total. The van der Waals surface area contributed by atoms with E-state index < -0.39 is 64.6 Å². The summed E-state index contributed by atoms with van der Waals surface area (Å²) < 4.78 is 21.4. The maximum absolute atomic E-state index is 16.3. The van der Waals surface area contributed by atoms with E-state index in [4.69, 9.17) is 14.2 Å². The molecule has 0 unspecified atom stereocenters. The van der Waals surface area contributed by atoms with Crippen molar-refractivity contribution >= 4 is 17.8 Å². The van der Waals surface area contributed by atoms with Gasteiger partial charge in [-0.1, -0.05) is 62.0 Å². The number of amides is 1. The van der Waals surface area contributed by atoms with Crippen molar-refractivity contribution in [3.8, 4) is 35.2 Å². The van der Waals surface area contributed by atoms with Crippen LogP contribution >= 0.6 is 0 Å². The molecule has 1 aromatic carbocycles. The van der Waals surface area contributed by atoms with Crippen molar-refractivity contribution in [1.29, 1.82) is 0 Å². The lowest BCUT2D eigenvalue weighted by molar-refractivity contribution is -0.193. The molecule has 13 heteroatoms. The molecule has 5 fully saturated rings. The van der Waals surface area contributed by atoms with Gasteiger partial charge in [-0.25, -0.2) is 4.79 Å². The van der Waals surface area contributed by atoms with Crippen LogP contribution in [0, 0.1) is 81.4 Å². The molecule has 3 spiro atoms. The SMILES string of the molecule is CC(=O)O[C@H]1[C@@H]2/C=C3\C#CC[C@H]4C[C@](CCN4)([C@@H]2OC(=O)[C@@]24CCCC[C@H]2C[C@]2(CCC[C@H]32)C(=O)N4)[C@H]2c3ccc(O)c4c3[C@H](C[C@H]2C#CC[C@@H](C[C@H](C)O)[C@H]1CC[C@H](O)CCCO)[C@@H](C1(CO)CCCC1)CO4. The minimum absolute atomic E-state index is 0.0342. The van der Waals surface area contributed by atoms with E-state index in [1.54, 1.807) is 13.0 Å². The number of benzene rings is 1. The quantitative estimate of drug-likeness (QED) is 0.0866. The number of carbonyl (C=O) groups excluding carboxylic acids is 3. The summed E-state index contributed by atoms with van der Waals surface area (Å²) in [6.07, 6.45) is 12.9.